The van der Waals surface area contributed by atoms with Gasteiger partial charge in [0.25, 0.3) is 5.91 Å². The van der Waals surface area contributed by atoms with Gasteiger partial charge in [-0.05, 0) is 47.0 Å². The topological polar surface area (TPSA) is 38.3 Å². The lowest BCUT2D eigenvalue weighted by atomic mass is 9.99. The number of carbonyl (C=O) groups excluding carboxylic acids is 1. The normalized spacial score (nSPS) is 17.0. The first-order valence-electron chi connectivity index (χ1n) is 8.35. The van der Waals surface area contributed by atoms with Crippen molar-refractivity contribution in [1.82, 2.24) is 5.32 Å². The molecule has 2 atom stereocenters. The maximum atomic E-state index is 12.6. The van der Waals surface area contributed by atoms with Crippen molar-refractivity contribution >= 4 is 28.3 Å². The molecular formula is C21H18ClNO2. The summed E-state index contributed by atoms with van der Waals surface area (Å²) in [7, 11) is 0. The minimum absolute atomic E-state index is 0.102. The van der Waals surface area contributed by atoms with E-state index in [2.05, 4.69) is 29.6 Å². The number of carbonyl (C=O) groups is 1. The molecule has 0 saturated heterocycles. The number of halogens is 1. The minimum atomic E-state index is -0.508. The molecule has 126 valence electrons. The molecule has 1 amide bonds. The van der Waals surface area contributed by atoms with E-state index in [1.54, 1.807) is 6.07 Å². The van der Waals surface area contributed by atoms with Crippen LogP contribution in [-0.2, 0) is 11.2 Å². The largest absolute Gasteiger partial charge is 0.480 e. The molecule has 0 fully saturated rings. The Kier molecular flexibility index (Phi) is 4.10. The lowest BCUT2D eigenvalue weighted by molar-refractivity contribution is -0.127. The van der Waals surface area contributed by atoms with Gasteiger partial charge in [-0.15, -0.1) is 0 Å². The number of benzene rings is 3. The molecule has 3 nitrogen and oxygen atoms in total. The summed E-state index contributed by atoms with van der Waals surface area (Å²) < 4.78 is 5.78. The number of fused-ring (bicyclic) bond motifs is 2. The van der Waals surface area contributed by atoms with Crippen LogP contribution in [-0.4, -0.2) is 12.0 Å². The summed E-state index contributed by atoms with van der Waals surface area (Å²) in [6, 6.07) is 19.7. The van der Waals surface area contributed by atoms with Gasteiger partial charge in [-0.3, -0.25) is 4.79 Å². The van der Waals surface area contributed by atoms with E-state index in [1.165, 1.54) is 5.39 Å². The van der Waals surface area contributed by atoms with Crippen LogP contribution in [0.5, 0.6) is 5.75 Å². The van der Waals surface area contributed by atoms with Crippen LogP contribution in [0.25, 0.3) is 10.8 Å². The van der Waals surface area contributed by atoms with Gasteiger partial charge in [0.05, 0.1) is 6.04 Å². The average molecular weight is 352 g/mol. The van der Waals surface area contributed by atoms with E-state index in [-0.39, 0.29) is 11.9 Å². The second-order valence-corrected chi connectivity index (χ2v) is 6.80. The number of hydrogen-bond acceptors (Lipinski definition) is 2. The number of nitrogens with one attached hydrogen (secondary N) is 1. The molecule has 0 unspecified atom stereocenters. The molecule has 4 rings (SSSR count). The predicted octanol–water partition coefficient (Wildman–Crippen LogP) is 4.67. The van der Waals surface area contributed by atoms with E-state index in [4.69, 9.17) is 16.3 Å². The molecule has 4 heteroatoms. The van der Waals surface area contributed by atoms with E-state index >= 15 is 0 Å². The van der Waals surface area contributed by atoms with Gasteiger partial charge in [-0.2, -0.15) is 0 Å². The first-order chi connectivity index (χ1) is 12.1. The summed E-state index contributed by atoms with van der Waals surface area (Å²) in [5.74, 6) is 0.634. The van der Waals surface area contributed by atoms with Gasteiger partial charge in [0.1, 0.15) is 5.75 Å². The molecule has 3 aromatic rings. The van der Waals surface area contributed by atoms with Crippen molar-refractivity contribution in [2.24, 2.45) is 0 Å². The van der Waals surface area contributed by atoms with Crippen LogP contribution < -0.4 is 10.1 Å². The molecule has 0 radical (unpaired) electrons. The van der Waals surface area contributed by atoms with E-state index in [0.29, 0.717) is 11.4 Å². The van der Waals surface area contributed by atoms with Gasteiger partial charge in [-0.1, -0.05) is 54.1 Å². The van der Waals surface area contributed by atoms with Crippen LogP contribution in [0.4, 0.5) is 0 Å². The highest BCUT2D eigenvalue weighted by atomic mass is 35.5. The zero-order valence-electron chi connectivity index (χ0n) is 13.8. The molecule has 1 aliphatic rings. The second-order valence-electron chi connectivity index (χ2n) is 6.36. The van der Waals surface area contributed by atoms with Gasteiger partial charge in [0.15, 0.2) is 6.10 Å². The van der Waals surface area contributed by atoms with Crippen LogP contribution in [0, 0.1) is 0 Å². The van der Waals surface area contributed by atoms with E-state index in [0.717, 1.165) is 22.3 Å². The summed E-state index contributed by atoms with van der Waals surface area (Å²) in [6.45, 7) is 2.00. The third-order valence-electron chi connectivity index (χ3n) is 4.64. The maximum Gasteiger partial charge on any atom is 0.261 e. The number of amides is 1. The van der Waals surface area contributed by atoms with Gasteiger partial charge in [0.2, 0.25) is 0 Å². The summed E-state index contributed by atoms with van der Waals surface area (Å²) in [5, 5.41) is 6.06. The molecule has 3 aromatic carbocycles. The first kappa shape index (κ1) is 16.0. The highest BCUT2D eigenvalue weighted by Crippen LogP contribution is 2.31. The lowest BCUT2D eigenvalue weighted by Crippen LogP contribution is -2.38. The standard InChI is InChI=1S/C21H18ClNO2/c1-13(17-8-4-6-14-5-2-3-7-18(14)17)23-21(24)20-12-15-11-16(22)9-10-19(15)25-20/h2-11,13,20H,12H2,1H3,(H,23,24)/t13-,20-/m1/s1. The Morgan fingerprint density at radius 2 is 1.96 bits per heavy atom. The Balaban J connectivity index is 1.51. The molecule has 0 spiro atoms. The molecule has 0 saturated carbocycles. The fraction of sp³-hybridized carbons (Fsp3) is 0.190. The molecule has 0 bridgehead atoms. The van der Waals surface area contributed by atoms with Gasteiger partial charge >= 0.3 is 0 Å². The first-order valence-corrected chi connectivity index (χ1v) is 8.73. The average Bonchev–Trinajstić information content (AvgIpc) is 3.04. The van der Waals surface area contributed by atoms with Crippen molar-refractivity contribution in [1.29, 1.82) is 0 Å². The van der Waals surface area contributed by atoms with Crippen molar-refractivity contribution in [2.75, 3.05) is 0 Å². The van der Waals surface area contributed by atoms with Crippen LogP contribution >= 0.6 is 11.6 Å². The van der Waals surface area contributed by atoms with Crippen molar-refractivity contribution < 1.29 is 9.53 Å². The third-order valence-corrected chi connectivity index (χ3v) is 4.87. The highest BCUT2D eigenvalue weighted by molar-refractivity contribution is 6.30. The number of ether oxygens (including phenoxy) is 1. The molecule has 1 heterocycles. The Bertz CT molecular complexity index is 948. The van der Waals surface area contributed by atoms with Crippen molar-refractivity contribution in [3.63, 3.8) is 0 Å². The molecular weight excluding hydrogens is 334 g/mol. The summed E-state index contributed by atoms with van der Waals surface area (Å²) in [4.78, 5) is 12.6. The molecule has 0 aliphatic carbocycles. The quantitative estimate of drug-likeness (QED) is 0.744. The van der Waals surface area contributed by atoms with Gasteiger partial charge in [-0.25, -0.2) is 0 Å². The molecule has 1 aliphatic heterocycles. The zero-order chi connectivity index (χ0) is 17.4. The Morgan fingerprint density at radius 1 is 1.16 bits per heavy atom. The van der Waals surface area contributed by atoms with Crippen LogP contribution in [0.2, 0.25) is 5.02 Å². The molecule has 25 heavy (non-hydrogen) atoms. The maximum absolute atomic E-state index is 12.6. The minimum Gasteiger partial charge on any atom is -0.480 e. The number of rotatable bonds is 3. The van der Waals surface area contributed by atoms with E-state index in [9.17, 15) is 4.79 Å². The number of hydrogen-bond donors (Lipinski definition) is 1. The Morgan fingerprint density at radius 3 is 2.84 bits per heavy atom. The molecule has 0 aromatic heterocycles. The van der Waals surface area contributed by atoms with Gasteiger partial charge < -0.3 is 10.1 Å². The van der Waals surface area contributed by atoms with Gasteiger partial charge in [0, 0.05) is 11.4 Å². The smallest absolute Gasteiger partial charge is 0.261 e. The van der Waals surface area contributed by atoms with Crippen LogP contribution in [0.1, 0.15) is 24.1 Å². The second kappa shape index (κ2) is 6.41. The fourth-order valence-electron chi connectivity index (χ4n) is 3.38. The van der Waals surface area contributed by atoms with E-state index < -0.39 is 6.10 Å². The van der Waals surface area contributed by atoms with E-state index in [1.807, 2.05) is 37.3 Å². The predicted molar refractivity (Wildman–Crippen MR) is 100 cm³/mol. The third kappa shape index (κ3) is 3.08. The van der Waals surface area contributed by atoms with Crippen molar-refractivity contribution in [2.45, 2.75) is 25.5 Å². The van der Waals surface area contributed by atoms with Crippen LogP contribution in [0.15, 0.2) is 60.7 Å². The van der Waals surface area contributed by atoms with Crippen LogP contribution in [0.3, 0.4) is 0 Å². The summed E-state index contributed by atoms with van der Waals surface area (Å²) in [6.07, 6.45) is 0.0372. The summed E-state index contributed by atoms with van der Waals surface area (Å²) >= 11 is 6.01. The zero-order valence-corrected chi connectivity index (χ0v) is 14.6. The Hall–Kier alpha value is -2.52. The van der Waals surface area contributed by atoms with Crippen molar-refractivity contribution in [3.05, 3.63) is 76.8 Å². The summed E-state index contributed by atoms with van der Waals surface area (Å²) in [5.41, 5.74) is 2.08. The Labute approximate surface area is 151 Å². The fourth-order valence-corrected chi connectivity index (χ4v) is 3.57. The lowest BCUT2D eigenvalue weighted by Gasteiger charge is -2.19. The molecule has 1 N–H and O–H groups in total. The van der Waals surface area contributed by atoms with Crippen molar-refractivity contribution in [3.8, 4) is 5.75 Å². The highest BCUT2D eigenvalue weighted by Gasteiger charge is 2.30. The monoisotopic (exact) mass is 351 g/mol. The SMILES string of the molecule is C[C@@H](NC(=O)[C@H]1Cc2cc(Cl)ccc2O1)c1cccc2ccccc12.